The van der Waals surface area contributed by atoms with E-state index < -0.39 is 20.4 Å². The second kappa shape index (κ2) is 11.6. The highest BCUT2D eigenvalue weighted by Crippen LogP contribution is 2.26. The normalized spacial score (nSPS) is 11.2. The van der Waals surface area contributed by atoms with Gasteiger partial charge in [0.05, 0.1) is 22.3 Å². The van der Waals surface area contributed by atoms with Crippen molar-refractivity contribution in [2.45, 2.75) is 76.0 Å². The molecule has 0 aromatic heterocycles. The van der Waals surface area contributed by atoms with Crippen LogP contribution in [0.25, 0.3) is 0 Å². The minimum Gasteiger partial charge on any atom is -0.258 e. The minimum atomic E-state index is -3.72. The van der Waals surface area contributed by atoms with Crippen molar-refractivity contribution >= 4 is 15.5 Å². The molecule has 0 N–H and O–H groups in total. The number of nitro groups is 1. The smallest absolute Gasteiger partial charge is 0.258 e. The first-order valence-electron chi connectivity index (χ1n) is 9.33. The average molecular weight is 381 g/mol. The molecule has 0 heterocycles. The van der Waals surface area contributed by atoms with Crippen LogP contribution in [0.2, 0.25) is 0 Å². The summed E-state index contributed by atoms with van der Waals surface area (Å²) < 4.78 is 24.8. The van der Waals surface area contributed by atoms with E-state index in [2.05, 4.69) is 6.92 Å². The summed E-state index contributed by atoms with van der Waals surface area (Å²) in [7, 11) is -3.72. The highest BCUT2D eigenvalue weighted by molar-refractivity contribution is 7.91. The van der Waals surface area contributed by atoms with E-state index >= 15 is 0 Å². The van der Waals surface area contributed by atoms with Crippen molar-refractivity contribution < 1.29 is 13.3 Å². The van der Waals surface area contributed by atoms with Crippen LogP contribution in [-0.2, 0) is 9.84 Å². The Morgan fingerprint density at radius 2 is 1.54 bits per heavy atom. The Morgan fingerprint density at radius 3 is 2.04 bits per heavy atom. The van der Waals surface area contributed by atoms with Gasteiger partial charge in [0, 0.05) is 6.07 Å². The van der Waals surface area contributed by atoms with E-state index in [1.165, 1.54) is 50.7 Å². The van der Waals surface area contributed by atoms with Crippen LogP contribution in [0.4, 0.5) is 5.69 Å². The number of sulfone groups is 1. The highest BCUT2D eigenvalue weighted by atomic mass is 32.2. The van der Waals surface area contributed by atoms with Crippen LogP contribution in [0, 0.1) is 21.4 Å². The Hall–Kier alpha value is -1.94. The minimum absolute atomic E-state index is 0.0783. The molecule has 0 unspecified atom stereocenters. The SMILES string of the molecule is CCCCCCCCCCCCS(=O)(=O)c1ccc(C#N)cc1[N+](=O)[O-]. The molecule has 26 heavy (non-hydrogen) atoms. The van der Waals surface area contributed by atoms with Crippen molar-refractivity contribution in [2.24, 2.45) is 0 Å². The molecule has 0 spiro atoms. The Balaban J connectivity index is 2.43. The van der Waals surface area contributed by atoms with Crippen LogP contribution >= 0.6 is 0 Å². The molecule has 1 aromatic rings. The van der Waals surface area contributed by atoms with Gasteiger partial charge in [0.25, 0.3) is 5.69 Å². The number of unbranched alkanes of at least 4 members (excludes halogenated alkanes) is 9. The molecule has 1 aromatic carbocycles. The molecule has 0 aliphatic carbocycles. The van der Waals surface area contributed by atoms with Crippen molar-refractivity contribution in [3.63, 3.8) is 0 Å². The molecule has 0 bridgehead atoms. The molecule has 1 rings (SSSR count). The van der Waals surface area contributed by atoms with E-state index in [0.29, 0.717) is 6.42 Å². The van der Waals surface area contributed by atoms with E-state index in [1.54, 1.807) is 6.07 Å². The third-order valence-corrected chi connectivity index (χ3v) is 6.23. The van der Waals surface area contributed by atoms with Crippen molar-refractivity contribution in [3.8, 4) is 6.07 Å². The predicted molar refractivity (Wildman–Crippen MR) is 102 cm³/mol. The summed E-state index contributed by atoms with van der Waals surface area (Å²) in [5.41, 5.74) is -0.439. The summed E-state index contributed by atoms with van der Waals surface area (Å²) in [6.45, 7) is 2.19. The molecule has 0 aliphatic heterocycles. The van der Waals surface area contributed by atoms with Crippen LogP contribution in [0.15, 0.2) is 23.1 Å². The van der Waals surface area contributed by atoms with Gasteiger partial charge in [-0.25, -0.2) is 8.42 Å². The fourth-order valence-corrected chi connectivity index (χ4v) is 4.41. The molecule has 0 amide bonds. The molecule has 0 saturated heterocycles. The zero-order valence-corrected chi connectivity index (χ0v) is 16.3. The number of nitrogens with zero attached hydrogens (tertiary/aromatic N) is 2. The van der Waals surface area contributed by atoms with Gasteiger partial charge in [-0.15, -0.1) is 0 Å². The molecule has 0 atom stereocenters. The van der Waals surface area contributed by atoms with Gasteiger partial charge in [-0.1, -0.05) is 64.7 Å². The summed E-state index contributed by atoms with van der Waals surface area (Å²) in [6.07, 6.45) is 10.9. The maximum atomic E-state index is 12.4. The third kappa shape index (κ3) is 7.52. The topological polar surface area (TPSA) is 101 Å². The number of benzene rings is 1. The van der Waals surface area contributed by atoms with Crippen molar-refractivity contribution in [1.82, 2.24) is 0 Å². The van der Waals surface area contributed by atoms with Crippen molar-refractivity contribution in [2.75, 3.05) is 5.75 Å². The molecule has 7 heteroatoms. The summed E-state index contributed by atoms with van der Waals surface area (Å²) in [6, 6.07) is 5.28. The number of nitro benzene ring substituents is 1. The Bertz CT molecular complexity index is 724. The van der Waals surface area contributed by atoms with E-state index in [1.807, 2.05) is 0 Å². The average Bonchev–Trinajstić information content (AvgIpc) is 2.62. The molecular formula is C19H28N2O4S. The van der Waals surface area contributed by atoms with Crippen LogP contribution in [0.1, 0.15) is 76.7 Å². The van der Waals surface area contributed by atoms with Gasteiger partial charge in [-0.3, -0.25) is 10.1 Å². The van der Waals surface area contributed by atoms with Gasteiger partial charge in [0.15, 0.2) is 9.84 Å². The first kappa shape index (κ1) is 22.1. The molecule has 0 aliphatic rings. The summed E-state index contributed by atoms with van der Waals surface area (Å²) in [4.78, 5) is 10.1. The first-order chi connectivity index (χ1) is 12.4. The molecule has 0 saturated carbocycles. The monoisotopic (exact) mass is 380 g/mol. The second-order valence-corrected chi connectivity index (χ2v) is 8.63. The number of rotatable bonds is 13. The number of hydrogen-bond acceptors (Lipinski definition) is 5. The maximum absolute atomic E-state index is 12.4. The largest absolute Gasteiger partial charge is 0.289 e. The maximum Gasteiger partial charge on any atom is 0.289 e. The Morgan fingerprint density at radius 1 is 1.00 bits per heavy atom. The Kier molecular flexibility index (Phi) is 9.89. The molecular weight excluding hydrogens is 352 g/mol. The van der Waals surface area contributed by atoms with Crippen molar-refractivity contribution in [3.05, 3.63) is 33.9 Å². The molecule has 144 valence electrons. The first-order valence-corrected chi connectivity index (χ1v) is 11.0. The summed E-state index contributed by atoms with van der Waals surface area (Å²) in [5, 5.41) is 19.9. The van der Waals surface area contributed by atoms with Gasteiger partial charge in [0.1, 0.15) is 4.90 Å². The van der Waals surface area contributed by atoms with Crippen LogP contribution in [0.3, 0.4) is 0 Å². The molecule has 0 radical (unpaired) electrons. The quantitative estimate of drug-likeness (QED) is 0.267. The fraction of sp³-hybridized carbons (Fsp3) is 0.632. The molecule has 0 fully saturated rings. The zero-order valence-electron chi connectivity index (χ0n) is 15.4. The Labute approximate surface area is 156 Å². The van der Waals surface area contributed by atoms with Gasteiger partial charge in [0.2, 0.25) is 0 Å². The lowest BCUT2D eigenvalue weighted by Gasteiger charge is -2.06. The van der Waals surface area contributed by atoms with Crippen molar-refractivity contribution in [1.29, 1.82) is 5.26 Å². The lowest BCUT2D eigenvalue weighted by atomic mass is 10.1. The molecule has 6 nitrogen and oxygen atoms in total. The van der Waals surface area contributed by atoms with Crippen LogP contribution in [0.5, 0.6) is 0 Å². The summed E-state index contributed by atoms with van der Waals surface area (Å²) >= 11 is 0. The third-order valence-electron chi connectivity index (χ3n) is 4.39. The zero-order chi connectivity index (χ0) is 19.4. The van der Waals surface area contributed by atoms with Gasteiger partial charge in [-0.2, -0.15) is 5.26 Å². The number of hydrogen-bond donors (Lipinski definition) is 0. The lowest BCUT2D eigenvalue weighted by molar-refractivity contribution is -0.387. The number of nitriles is 1. The van der Waals surface area contributed by atoms with E-state index in [-0.39, 0.29) is 16.2 Å². The van der Waals surface area contributed by atoms with Crippen LogP contribution < -0.4 is 0 Å². The predicted octanol–water partition coefficient (Wildman–Crippen LogP) is 5.16. The summed E-state index contributed by atoms with van der Waals surface area (Å²) in [5.74, 6) is -0.101. The lowest BCUT2D eigenvalue weighted by Crippen LogP contribution is -2.09. The fourth-order valence-electron chi connectivity index (χ4n) is 2.88. The van der Waals surface area contributed by atoms with Crippen LogP contribution in [-0.4, -0.2) is 19.1 Å². The van der Waals surface area contributed by atoms with Gasteiger partial charge in [-0.05, 0) is 18.6 Å². The van der Waals surface area contributed by atoms with E-state index in [0.717, 1.165) is 25.3 Å². The van der Waals surface area contributed by atoms with Gasteiger partial charge < -0.3 is 0 Å². The van der Waals surface area contributed by atoms with E-state index in [4.69, 9.17) is 5.26 Å². The van der Waals surface area contributed by atoms with E-state index in [9.17, 15) is 18.5 Å². The highest BCUT2D eigenvalue weighted by Gasteiger charge is 2.25. The van der Waals surface area contributed by atoms with Gasteiger partial charge >= 0.3 is 0 Å². The second-order valence-electron chi connectivity index (χ2n) is 6.55. The standard InChI is InChI=1S/C19H28N2O4S/c1-2-3-4-5-6-7-8-9-10-11-14-26(24,25)19-13-12-17(16-20)15-18(19)21(22)23/h12-13,15H,2-11,14H2,1H3.